The van der Waals surface area contributed by atoms with Crippen LogP contribution in [-0.4, -0.2) is 17.6 Å². The Kier molecular flexibility index (Phi) is 3.29. The number of rotatable bonds is 4. The minimum atomic E-state index is -0.907. The minimum absolute atomic E-state index is 0.298. The Morgan fingerprint density at radius 1 is 1.25 bits per heavy atom. The Hall–Kier alpha value is -2.49. The first-order chi connectivity index (χ1) is 9.74. The van der Waals surface area contributed by atoms with E-state index in [1.165, 1.54) is 16.8 Å². The Balaban J connectivity index is 1.76. The van der Waals surface area contributed by atoms with Crippen LogP contribution >= 0.6 is 0 Å². The van der Waals surface area contributed by atoms with Gasteiger partial charge < -0.3 is 15.7 Å². The molecule has 0 radical (unpaired) electrons. The molecule has 4 heteroatoms. The molecule has 3 rings (SSSR count). The standard InChI is InChI=1S/C16H16N2O2/c19-16(20)12-4-2-6-14(9-12)18-10-13-5-1-3-11-7-8-17-15(11)13/h1-6,9,17-18H,7-8,10H2,(H,19,20). The number of para-hydroxylation sites is 1. The number of aromatic carboxylic acids is 1. The normalized spacial score (nSPS) is 12.6. The van der Waals surface area contributed by atoms with Gasteiger partial charge in [0.25, 0.3) is 0 Å². The Morgan fingerprint density at radius 2 is 2.10 bits per heavy atom. The zero-order valence-corrected chi connectivity index (χ0v) is 11.0. The summed E-state index contributed by atoms with van der Waals surface area (Å²) in [5.41, 5.74) is 4.89. The fourth-order valence-electron chi connectivity index (χ4n) is 2.52. The maximum atomic E-state index is 10.9. The molecule has 2 aromatic carbocycles. The molecule has 4 nitrogen and oxygen atoms in total. The summed E-state index contributed by atoms with van der Waals surface area (Å²) in [7, 11) is 0. The van der Waals surface area contributed by atoms with E-state index in [4.69, 9.17) is 5.11 Å². The summed E-state index contributed by atoms with van der Waals surface area (Å²) >= 11 is 0. The minimum Gasteiger partial charge on any atom is -0.478 e. The summed E-state index contributed by atoms with van der Waals surface area (Å²) in [5.74, 6) is -0.907. The molecule has 0 spiro atoms. The summed E-state index contributed by atoms with van der Waals surface area (Å²) in [6.45, 7) is 1.67. The molecule has 102 valence electrons. The third-order valence-corrected chi connectivity index (χ3v) is 3.53. The van der Waals surface area contributed by atoms with Crippen molar-refractivity contribution in [2.24, 2.45) is 0 Å². The molecule has 0 amide bonds. The van der Waals surface area contributed by atoms with Crippen LogP contribution < -0.4 is 10.6 Å². The highest BCUT2D eigenvalue weighted by atomic mass is 16.4. The van der Waals surface area contributed by atoms with Gasteiger partial charge in [0.1, 0.15) is 0 Å². The van der Waals surface area contributed by atoms with E-state index in [0.717, 1.165) is 18.7 Å². The summed E-state index contributed by atoms with van der Waals surface area (Å²) in [6.07, 6.45) is 1.07. The number of carboxylic acid groups (broad SMARTS) is 1. The maximum Gasteiger partial charge on any atom is 0.335 e. The van der Waals surface area contributed by atoms with Crippen molar-refractivity contribution in [2.45, 2.75) is 13.0 Å². The Labute approximate surface area is 117 Å². The molecular formula is C16H16N2O2. The largest absolute Gasteiger partial charge is 0.478 e. The molecule has 1 heterocycles. The molecule has 0 fully saturated rings. The van der Waals surface area contributed by atoms with Gasteiger partial charge in [-0.05, 0) is 35.7 Å². The van der Waals surface area contributed by atoms with Gasteiger partial charge in [-0.15, -0.1) is 0 Å². The molecule has 0 atom stereocenters. The number of carbonyl (C=O) groups is 1. The second-order valence-corrected chi connectivity index (χ2v) is 4.87. The molecule has 0 saturated heterocycles. The van der Waals surface area contributed by atoms with Crippen molar-refractivity contribution >= 4 is 17.3 Å². The first-order valence-corrected chi connectivity index (χ1v) is 6.66. The van der Waals surface area contributed by atoms with Crippen molar-refractivity contribution in [3.05, 3.63) is 59.2 Å². The summed E-state index contributed by atoms with van der Waals surface area (Å²) < 4.78 is 0. The van der Waals surface area contributed by atoms with Crippen LogP contribution in [0.1, 0.15) is 21.5 Å². The number of fused-ring (bicyclic) bond motifs is 1. The van der Waals surface area contributed by atoms with Crippen LogP contribution in [0.15, 0.2) is 42.5 Å². The van der Waals surface area contributed by atoms with E-state index in [0.29, 0.717) is 12.1 Å². The van der Waals surface area contributed by atoms with Crippen molar-refractivity contribution in [2.75, 3.05) is 17.2 Å². The fourth-order valence-corrected chi connectivity index (χ4v) is 2.52. The van der Waals surface area contributed by atoms with E-state index in [2.05, 4.69) is 28.8 Å². The van der Waals surface area contributed by atoms with Crippen LogP contribution in [0, 0.1) is 0 Å². The van der Waals surface area contributed by atoms with E-state index in [1.54, 1.807) is 18.2 Å². The van der Waals surface area contributed by atoms with Gasteiger partial charge in [0.15, 0.2) is 0 Å². The summed E-state index contributed by atoms with van der Waals surface area (Å²) in [4.78, 5) is 10.9. The maximum absolute atomic E-state index is 10.9. The van der Waals surface area contributed by atoms with E-state index >= 15 is 0 Å². The Bertz CT molecular complexity index is 653. The van der Waals surface area contributed by atoms with Crippen LogP contribution in [0.2, 0.25) is 0 Å². The lowest BCUT2D eigenvalue weighted by Gasteiger charge is -2.11. The quantitative estimate of drug-likeness (QED) is 0.797. The van der Waals surface area contributed by atoms with Crippen LogP contribution in [0.4, 0.5) is 11.4 Å². The highest BCUT2D eigenvalue weighted by Gasteiger charge is 2.13. The predicted octanol–water partition coefficient (Wildman–Crippen LogP) is 2.96. The average molecular weight is 268 g/mol. The lowest BCUT2D eigenvalue weighted by atomic mass is 10.1. The molecule has 0 saturated carbocycles. The molecule has 1 aliphatic rings. The monoisotopic (exact) mass is 268 g/mol. The highest BCUT2D eigenvalue weighted by Crippen LogP contribution is 2.27. The summed E-state index contributed by atoms with van der Waals surface area (Å²) in [5, 5.41) is 15.7. The SMILES string of the molecule is O=C(O)c1cccc(NCc2cccc3c2NCC3)c1. The lowest BCUT2D eigenvalue weighted by Crippen LogP contribution is -2.04. The molecule has 0 unspecified atom stereocenters. The summed E-state index contributed by atoms with van der Waals surface area (Å²) in [6, 6.07) is 13.2. The average Bonchev–Trinajstić information content (AvgIpc) is 2.94. The van der Waals surface area contributed by atoms with Crippen molar-refractivity contribution in [3.63, 3.8) is 0 Å². The number of anilines is 2. The van der Waals surface area contributed by atoms with Gasteiger partial charge >= 0.3 is 5.97 Å². The van der Waals surface area contributed by atoms with Crippen molar-refractivity contribution in [3.8, 4) is 0 Å². The van der Waals surface area contributed by atoms with Crippen LogP contribution in [0.25, 0.3) is 0 Å². The van der Waals surface area contributed by atoms with Gasteiger partial charge in [-0.1, -0.05) is 24.3 Å². The Morgan fingerprint density at radius 3 is 2.95 bits per heavy atom. The van der Waals surface area contributed by atoms with Crippen molar-refractivity contribution in [1.29, 1.82) is 0 Å². The second-order valence-electron chi connectivity index (χ2n) is 4.87. The van der Waals surface area contributed by atoms with Crippen LogP contribution in [0.3, 0.4) is 0 Å². The predicted molar refractivity (Wildman–Crippen MR) is 79.4 cm³/mol. The molecule has 20 heavy (non-hydrogen) atoms. The van der Waals surface area contributed by atoms with Gasteiger partial charge in [-0.2, -0.15) is 0 Å². The van der Waals surface area contributed by atoms with E-state index in [9.17, 15) is 4.79 Å². The van der Waals surface area contributed by atoms with Gasteiger partial charge in [0.2, 0.25) is 0 Å². The number of hydrogen-bond acceptors (Lipinski definition) is 3. The van der Waals surface area contributed by atoms with Gasteiger partial charge in [-0.25, -0.2) is 4.79 Å². The van der Waals surface area contributed by atoms with E-state index in [1.807, 2.05) is 6.07 Å². The molecule has 3 N–H and O–H groups in total. The zero-order chi connectivity index (χ0) is 13.9. The van der Waals surface area contributed by atoms with E-state index in [-0.39, 0.29) is 0 Å². The van der Waals surface area contributed by atoms with E-state index < -0.39 is 5.97 Å². The van der Waals surface area contributed by atoms with Gasteiger partial charge in [0, 0.05) is 24.5 Å². The van der Waals surface area contributed by atoms with Crippen molar-refractivity contribution < 1.29 is 9.90 Å². The number of hydrogen-bond donors (Lipinski definition) is 3. The van der Waals surface area contributed by atoms with Crippen molar-refractivity contribution in [1.82, 2.24) is 0 Å². The smallest absolute Gasteiger partial charge is 0.335 e. The molecule has 0 aliphatic carbocycles. The number of benzene rings is 2. The fraction of sp³-hybridized carbons (Fsp3) is 0.188. The molecule has 0 aromatic heterocycles. The molecular weight excluding hydrogens is 252 g/mol. The second kappa shape index (κ2) is 5.25. The molecule has 2 aromatic rings. The zero-order valence-electron chi connectivity index (χ0n) is 11.0. The topological polar surface area (TPSA) is 61.4 Å². The molecule has 1 aliphatic heterocycles. The first-order valence-electron chi connectivity index (χ1n) is 6.66. The third-order valence-electron chi connectivity index (χ3n) is 3.53. The van der Waals surface area contributed by atoms with Gasteiger partial charge in [0.05, 0.1) is 5.56 Å². The first kappa shape index (κ1) is 12.5. The van der Waals surface area contributed by atoms with Crippen LogP contribution in [-0.2, 0) is 13.0 Å². The lowest BCUT2D eigenvalue weighted by molar-refractivity contribution is 0.0697. The molecule has 0 bridgehead atoms. The van der Waals surface area contributed by atoms with Crippen LogP contribution in [0.5, 0.6) is 0 Å². The number of nitrogens with one attached hydrogen (secondary N) is 2. The van der Waals surface area contributed by atoms with Gasteiger partial charge in [-0.3, -0.25) is 0 Å². The third kappa shape index (κ3) is 2.45. The highest BCUT2D eigenvalue weighted by molar-refractivity contribution is 5.88. The number of carboxylic acids is 1.